The maximum Gasteiger partial charge on any atom is 0.317 e. The van der Waals surface area contributed by atoms with Crippen LogP contribution in [-0.2, 0) is 11.2 Å². The van der Waals surface area contributed by atoms with E-state index in [1.54, 1.807) is 12.0 Å². The molecule has 4 heteroatoms. The van der Waals surface area contributed by atoms with E-state index in [1.807, 2.05) is 13.1 Å². The monoisotopic (exact) mass is 300 g/mol. The van der Waals surface area contributed by atoms with Crippen molar-refractivity contribution < 1.29 is 9.53 Å². The van der Waals surface area contributed by atoms with Gasteiger partial charge in [0.25, 0.3) is 0 Å². The molecule has 0 aliphatic carbocycles. The van der Waals surface area contributed by atoms with Crippen molar-refractivity contribution in [1.29, 1.82) is 0 Å². The van der Waals surface area contributed by atoms with Gasteiger partial charge >= 0.3 is 6.03 Å². The van der Waals surface area contributed by atoms with Gasteiger partial charge in [-0.1, -0.05) is 42.5 Å². The Labute approximate surface area is 132 Å². The summed E-state index contributed by atoms with van der Waals surface area (Å²) >= 11 is 0. The molecule has 0 fully saturated rings. The van der Waals surface area contributed by atoms with Gasteiger partial charge in [-0.05, 0) is 29.2 Å². The standard InChI is InChI=1S/C18H24N2O2/c1-20(18(21)19-12-6-14-22-2)13-11-16-9-5-8-15-7-3-4-10-17(15)16/h3-5,7-10H,6,11-14H2,1-2H3,(H,19,21). The zero-order chi connectivity index (χ0) is 15.8. The summed E-state index contributed by atoms with van der Waals surface area (Å²) in [5, 5.41) is 5.40. The SMILES string of the molecule is COCCCNC(=O)N(C)CCc1cccc2ccccc12. The number of carbonyl (C=O) groups is 1. The first-order valence-corrected chi connectivity index (χ1v) is 7.67. The molecule has 0 heterocycles. The molecular weight excluding hydrogens is 276 g/mol. The first kappa shape index (κ1) is 16.3. The Morgan fingerprint density at radius 2 is 1.95 bits per heavy atom. The highest BCUT2D eigenvalue weighted by Crippen LogP contribution is 2.18. The first-order valence-electron chi connectivity index (χ1n) is 7.67. The van der Waals surface area contributed by atoms with Crippen molar-refractivity contribution in [1.82, 2.24) is 10.2 Å². The Hall–Kier alpha value is -2.07. The van der Waals surface area contributed by atoms with E-state index in [2.05, 4.69) is 41.7 Å². The quantitative estimate of drug-likeness (QED) is 0.799. The maximum atomic E-state index is 12.0. The lowest BCUT2D eigenvalue weighted by atomic mass is 10.0. The van der Waals surface area contributed by atoms with Gasteiger partial charge in [-0.3, -0.25) is 0 Å². The fourth-order valence-electron chi connectivity index (χ4n) is 2.45. The Morgan fingerprint density at radius 3 is 2.77 bits per heavy atom. The van der Waals surface area contributed by atoms with E-state index in [1.165, 1.54) is 16.3 Å². The lowest BCUT2D eigenvalue weighted by Crippen LogP contribution is -2.39. The Kier molecular flexibility index (Phi) is 6.22. The Bertz CT molecular complexity index is 608. The molecule has 2 amide bonds. The third-order valence-corrected chi connectivity index (χ3v) is 3.74. The molecule has 0 aliphatic heterocycles. The van der Waals surface area contributed by atoms with E-state index < -0.39 is 0 Å². The molecule has 1 N–H and O–H groups in total. The number of likely N-dealkylation sites (N-methyl/N-ethyl adjacent to an activating group) is 1. The molecule has 0 aromatic heterocycles. The van der Waals surface area contributed by atoms with Gasteiger partial charge in [0.2, 0.25) is 0 Å². The van der Waals surface area contributed by atoms with Crippen LogP contribution in [0, 0.1) is 0 Å². The summed E-state index contributed by atoms with van der Waals surface area (Å²) in [5.41, 5.74) is 1.28. The fraction of sp³-hybridized carbons (Fsp3) is 0.389. The molecule has 0 bridgehead atoms. The van der Waals surface area contributed by atoms with Crippen molar-refractivity contribution in [2.45, 2.75) is 12.8 Å². The number of fused-ring (bicyclic) bond motifs is 1. The lowest BCUT2D eigenvalue weighted by molar-refractivity contribution is 0.189. The number of carbonyl (C=O) groups excluding carboxylic acids is 1. The highest BCUT2D eigenvalue weighted by molar-refractivity contribution is 5.85. The third-order valence-electron chi connectivity index (χ3n) is 3.74. The minimum atomic E-state index is -0.0312. The van der Waals surface area contributed by atoms with Crippen molar-refractivity contribution in [3.05, 3.63) is 48.0 Å². The Balaban J connectivity index is 1.87. The minimum Gasteiger partial charge on any atom is -0.385 e. The minimum absolute atomic E-state index is 0.0312. The van der Waals surface area contributed by atoms with Crippen molar-refractivity contribution in [2.24, 2.45) is 0 Å². The number of hydrogen-bond donors (Lipinski definition) is 1. The largest absolute Gasteiger partial charge is 0.385 e. The number of methoxy groups -OCH3 is 1. The van der Waals surface area contributed by atoms with E-state index in [4.69, 9.17) is 4.74 Å². The number of ether oxygens (including phenoxy) is 1. The molecule has 0 radical (unpaired) electrons. The average molecular weight is 300 g/mol. The summed E-state index contributed by atoms with van der Waals surface area (Å²) < 4.78 is 4.97. The number of rotatable bonds is 7. The topological polar surface area (TPSA) is 41.6 Å². The molecule has 0 atom stereocenters. The van der Waals surface area contributed by atoms with E-state index in [0.717, 1.165) is 12.8 Å². The predicted molar refractivity (Wildman–Crippen MR) is 90.2 cm³/mol. The van der Waals surface area contributed by atoms with Crippen LogP contribution in [-0.4, -0.2) is 44.8 Å². The number of urea groups is 1. The average Bonchev–Trinajstić information content (AvgIpc) is 2.56. The van der Waals surface area contributed by atoms with Crippen LogP contribution in [0.1, 0.15) is 12.0 Å². The van der Waals surface area contributed by atoms with Crippen molar-refractivity contribution in [2.75, 3.05) is 33.9 Å². The summed E-state index contributed by atoms with van der Waals surface area (Å²) in [6.45, 7) is 2.01. The Morgan fingerprint density at radius 1 is 1.18 bits per heavy atom. The molecule has 2 aromatic rings. The summed E-state index contributed by atoms with van der Waals surface area (Å²) in [6.07, 6.45) is 1.68. The molecule has 0 spiro atoms. The first-order chi connectivity index (χ1) is 10.7. The van der Waals surface area contributed by atoms with Crippen LogP contribution >= 0.6 is 0 Å². The van der Waals surface area contributed by atoms with Crippen molar-refractivity contribution in [3.8, 4) is 0 Å². The van der Waals surface area contributed by atoms with E-state index in [9.17, 15) is 4.79 Å². The van der Waals surface area contributed by atoms with Crippen LogP contribution in [0.25, 0.3) is 10.8 Å². The second-order valence-electron chi connectivity index (χ2n) is 5.39. The van der Waals surface area contributed by atoms with Gasteiger partial charge < -0.3 is 15.0 Å². The predicted octanol–water partition coefficient (Wildman–Crippen LogP) is 3.06. The van der Waals surface area contributed by atoms with Crippen LogP contribution < -0.4 is 5.32 Å². The zero-order valence-electron chi connectivity index (χ0n) is 13.3. The zero-order valence-corrected chi connectivity index (χ0v) is 13.3. The van der Waals surface area contributed by atoms with Crippen LogP contribution in [0.2, 0.25) is 0 Å². The van der Waals surface area contributed by atoms with Crippen LogP contribution in [0.4, 0.5) is 4.79 Å². The van der Waals surface area contributed by atoms with Crippen LogP contribution in [0.3, 0.4) is 0 Å². The summed E-state index contributed by atoms with van der Waals surface area (Å²) in [6, 6.07) is 14.6. The maximum absolute atomic E-state index is 12.0. The highest BCUT2D eigenvalue weighted by atomic mass is 16.5. The number of benzene rings is 2. The van der Waals surface area contributed by atoms with Crippen molar-refractivity contribution >= 4 is 16.8 Å². The number of nitrogens with one attached hydrogen (secondary N) is 1. The second-order valence-corrected chi connectivity index (χ2v) is 5.39. The molecule has 118 valence electrons. The van der Waals surface area contributed by atoms with Crippen molar-refractivity contribution in [3.63, 3.8) is 0 Å². The second kappa shape index (κ2) is 8.39. The molecule has 0 aliphatic rings. The van der Waals surface area contributed by atoms with Gasteiger partial charge in [0.05, 0.1) is 0 Å². The molecule has 2 rings (SSSR count). The van der Waals surface area contributed by atoms with E-state index >= 15 is 0 Å². The third kappa shape index (κ3) is 4.46. The van der Waals surface area contributed by atoms with Gasteiger partial charge in [0.15, 0.2) is 0 Å². The molecule has 4 nitrogen and oxygen atoms in total. The molecule has 2 aromatic carbocycles. The number of hydrogen-bond acceptors (Lipinski definition) is 2. The van der Waals surface area contributed by atoms with E-state index in [0.29, 0.717) is 19.7 Å². The molecular formula is C18H24N2O2. The van der Waals surface area contributed by atoms with Gasteiger partial charge in [-0.2, -0.15) is 0 Å². The number of nitrogens with zero attached hydrogens (tertiary/aromatic N) is 1. The highest BCUT2D eigenvalue weighted by Gasteiger charge is 2.08. The van der Waals surface area contributed by atoms with Gasteiger partial charge in [0.1, 0.15) is 0 Å². The smallest absolute Gasteiger partial charge is 0.317 e. The van der Waals surface area contributed by atoms with Crippen LogP contribution in [0.15, 0.2) is 42.5 Å². The van der Waals surface area contributed by atoms with Gasteiger partial charge in [0, 0.05) is 33.9 Å². The van der Waals surface area contributed by atoms with E-state index in [-0.39, 0.29) is 6.03 Å². The van der Waals surface area contributed by atoms with Gasteiger partial charge in [-0.25, -0.2) is 4.79 Å². The molecule has 0 saturated carbocycles. The lowest BCUT2D eigenvalue weighted by Gasteiger charge is -2.18. The van der Waals surface area contributed by atoms with Gasteiger partial charge in [-0.15, -0.1) is 0 Å². The molecule has 0 saturated heterocycles. The number of amides is 2. The molecule has 22 heavy (non-hydrogen) atoms. The summed E-state index contributed by atoms with van der Waals surface area (Å²) in [5.74, 6) is 0. The normalized spacial score (nSPS) is 10.6. The summed E-state index contributed by atoms with van der Waals surface area (Å²) in [4.78, 5) is 13.7. The summed E-state index contributed by atoms with van der Waals surface area (Å²) in [7, 11) is 3.49. The fourth-order valence-corrected chi connectivity index (χ4v) is 2.45. The molecule has 0 unspecified atom stereocenters. The van der Waals surface area contributed by atoms with Crippen LogP contribution in [0.5, 0.6) is 0 Å².